The zero-order valence-electron chi connectivity index (χ0n) is 29.8. The quantitative estimate of drug-likeness (QED) is 0.261. The third-order valence-electron chi connectivity index (χ3n) is 10.2. The second kappa shape index (κ2) is 17.1. The zero-order chi connectivity index (χ0) is 36.6. The van der Waals surface area contributed by atoms with Crippen LogP contribution >= 0.6 is 0 Å². The molecule has 0 radical (unpaired) electrons. The van der Waals surface area contributed by atoms with Crippen LogP contribution in [0.2, 0.25) is 0 Å². The van der Waals surface area contributed by atoms with Crippen molar-refractivity contribution in [2.24, 2.45) is 0 Å². The first kappa shape index (κ1) is 36.2. The molecule has 53 heavy (non-hydrogen) atoms. The van der Waals surface area contributed by atoms with E-state index in [1.807, 2.05) is 66.7 Å². The van der Waals surface area contributed by atoms with Gasteiger partial charge in [-0.1, -0.05) is 42.5 Å². The molecule has 7 rings (SSSR count). The van der Waals surface area contributed by atoms with E-state index in [9.17, 15) is 19.2 Å². The zero-order valence-corrected chi connectivity index (χ0v) is 29.8. The van der Waals surface area contributed by atoms with E-state index < -0.39 is 24.3 Å². The van der Waals surface area contributed by atoms with Crippen LogP contribution in [-0.4, -0.2) is 97.6 Å². The highest BCUT2D eigenvalue weighted by Crippen LogP contribution is 2.26. The summed E-state index contributed by atoms with van der Waals surface area (Å²) in [4.78, 5) is 57.3. The fraction of sp³-hybridized carbons (Fsp3) is 0.450. The average Bonchev–Trinajstić information content (AvgIpc) is 4.02. The van der Waals surface area contributed by atoms with Crippen molar-refractivity contribution in [1.82, 2.24) is 9.80 Å². The number of ether oxygens (including phenoxy) is 4. The molecule has 4 atom stereocenters. The summed E-state index contributed by atoms with van der Waals surface area (Å²) in [7, 11) is 0. The number of carbonyl (C=O) groups excluding carboxylic acids is 4. The lowest BCUT2D eigenvalue weighted by Gasteiger charge is -2.26. The average molecular weight is 726 g/mol. The molecule has 0 spiro atoms. The minimum Gasteiger partial charge on any atom is -0.444 e. The number of para-hydroxylation sites is 1. The van der Waals surface area contributed by atoms with Crippen LogP contribution in [0.5, 0.6) is 0 Å². The molecule has 4 amide bonds. The van der Waals surface area contributed by atoms with Crippen molar-refractivity contribution in [2.45, 2.75) is 75.9 Å². The first-order valence-corrected chi connectivity index (χ1v) is 18.6. The molecule has 4 aliphatic heterocycles. The number of carbonyl (C=O) groups is 4. The van der Waals surface area contributed by atoms with Gasteiger partial charge in [0.15, 0.2) is 0 Å². The fourth-order valence-electron chi connectivity index (χ4n) is 7.30. The molecule has 3 aromatic rings. The Morgan fingerprint density at radius 3 is 1.49 bits per heavy atom. The topological polar surface area (TPSA) is 139 Å². The number of amides is 4. The molecular formula is C40H47N5O8. The number of hydrogen-bond acceptors (Lipinski definition) is 9. The Bertz CT molecular complexity index is 1600. The molecule has 13 heteroatoms. The predicted octanol–water partition coefficient (Wildman–Crippen LogP) is 5.55. The van der Waals surface area contributed by atoms with Crippen LogP contribution in [0.25, 0.3) is 0 Å². The molecule has 13 nitrogen and oxygen atoms in total. The summed E-state index contributed by atoms with van der Waals surface area (Å²) >= 11 is 0. The summed E-state index contributed by atoms with van der Waals surface area (Å²) < 4.78 is 21.8. The second-order valence-electron chi connectivity index (χ2n) is 14.0. The van der Waals surface area contributed by atoms with Gasteiger partial charge >= 0.3 is 12.2 Å². The minimum absolute atomic E-state index is 0.224. The number of anilines is 3. The van der Waals surface area contributed by atoms with Crippen LogP contribution < -0.4 is 15.5 Å². The van der Waals surface area contributed by atoms with Gasteiger partial charge in [-0.05, 0) is 73.2 Å². The van der Waals surface area contributed by atoms with Gasteiger partial charge < -0.3 is 34.5 Å². The van der Waals surface area contributed by atoms with E-state index in [2.05, 4.69) is 27.7 Å². The lowest BCUT2D eigenvalue weighted by Crippen LogP contribution is -2.44. The van der Waals surface area contributed by atoms with Gasteiger partial charge in [0.25, 0.3) is 0 Å². The number of rotatable bonds is 11. The summed E-state index contributed by atoms with van der Waals surface area (Å²) in [5.41, 5.74) is 4.49. The van der Waals surface area contributed by atoms with E-state index >= 15 is 0 Å². The molecule has 0 aliphatic carbocycles. The highest BCUT2D eigenvalue weighted by Gasteiger charge is 2.38. The van der Waals surface area contributed by atoms with E-state index in [0.29, 0.717) is 89.7 Å². The normalized spacial score (nSPS) is 22.4. The van der Waals surface area contributed by atoms with Gasteiger partial charge in [-0.2, -0.15) is 0 Å². The largest absolute Gasteiger partial charge is 0.444 e. The summed E-state index contributed by atoms with van der Waals surface area (Å²) in [6.07, 6.45) is 2.59. The SMILES string of the molecule is O=C(Nc1ccc(CN(Cc2ccc(NC(=O)[C@@H]3CCCN3C(=O)O[C@H]3CCOC3)cc2)c2ccccc2)cc1)[C@@H]1CCCN1C(=O)O[C@H]1CCOC1. The number of nitrogens with zero attached hydrogens (tertiary/aromatic N) is 3. The molecule has 0 saturated carbocycles. The summed E-state index contributed by atoms with van der Waals surface area (Å²) in [6, 6.07) is 24.5. The van der Waals surface area contributed by atoms with Gasteiger partial charge in [0, 0.05) is 56.1 Å². The van der Waals surface area contributed by atoms with Crippen molar-refractivity contribution in [2.75, 3.05) is 55.1 Å². The lowest BCUT2D eigenvalue weighted by atomic mass is 10.1. The third kappa shape index (κ3) is 9.27. The van der Waals surface area contributed by atoms with Crippen molar-refractivity contribution in [3.8, 4) is 0 Å². The van der Waals surface area contributed by atoms with Crippen LogP contribution in [-0.2, 0) is 41.6 Å². The van der Waals surface area contributed by atoms with Crippen LogP contribution in [0, 0.1) is 0 Å². The van der Waals surface area contributed by atoms with Crippen molar-refractivity contribution < 1.29 is 38.1 Å². The summed E-state index contributed by atoms with van der Waals surface area (Å²) in [6.45, 7) is 4.16. The highest BCUT2D eigenvalue weighted by atomic mass is 16.6. The van der Waals surface area contributed by atoms with Crippen LogP contribution in [0.1, 0.15) is 49.7 Å². The first-order valence-electron chi connectivity index (χ1n) is 18.6. The van der Waals surface area contributed by atoms with E-state index in [1.165, 1.54) is 9.80 Å². The molecule has 4 heterocycles. The van der Waals surface area contributed by atoms with Gasteiger partial charge in [-0.3, -0.25) is 19.4 Å². The van der Waals surface area contributed by atoms with Crippen LogP contribution in [0.15, 0.2) is 78.9 Å². The number of likely N-dealkylation sites (tertiary alicyclic amines) is 2. The minimum atomic E-state index is -0.573. The van der Waals surface area contributed by atoms with Crippen molar-refractivity contribution >= 4 is 41.1 Å². The van der Waals surface area contributed by atoms with E-state index in [4.69, 9.17) is 18.9 Å². The fourth-order valence-corrected chi connectivity index (χ4v) is 7.30. The maximum absolute atomic E-state index is 13.2. The Labute approximate surface area is 309 Å². The number of benzene rings is 3. The Morgan fingerprint density at radius 2 is 1.08 bits per heavy atom. The van der Waals surface area contributed by atoms with Gasteiger partial charge in [0.1, 0.15) is 24.3 Å². The third-order valence-corrected chi connectivity index (χ3v) is 10.2. The van der Waals surface area contributed by atoms with Crippen LogP contribution in [0.4, 0.5) is 26.7 Å². The molecule has 4 saturated heterocycles. The smallest absolute Gasteiger partial charge is 0.410 e. The Morgan fingerprint density at radius 1 is 0.623 bits per heavy atom. The van der Waals surface area contributed by atoms with Gasteiger partial charge in [0.2, 0.25) is 11.8 Å². The maximum atomic E-state index is 13.2. The number of nitrogens with one attached hydrogen (secondary N) is 2. The Balaban J connectivity index is 0.939. The summed E-state index contributed by atoms with van der Waals surface area (Å²) in [5.74, 6) is -0.447. The molecule has 0 unspecified atom stereocenters. The van der Waals surface area contributed by atoms with Crippen molar-refractivity contribution in [3.05, 3.63) is 90.0 Å². The van der Waals surface area contributed by atoms with E-state index in [-0.39, 0.29) is 24.0 Å². The Hall–Kier alpha value is -5.14. The molecule has 3 aromatic carbocycles. The lowest BCUT2D eigenvalue weighted by molar-refractivity contribution is -0.120. The molecule has 2 N–H and O–H groups in total. The Kier molecular flexibility index (Phi) is 11.7. The monoisotopic (exact) mass is 725 g/mol. The molecular weight excluding hydrogens is 678 g/mol. The van der Waals surface area contributed by atoms with E-state index in [0.717, 1.165) is 29.7 Å². The highest BCUT2D eigenvalue weighted by molar-refractivity contribution is 5.97. The van der Waals surface area contributed by atoms with Crippen molar-refractivity contribution in [3.63, 3.8) is 0 Å². The number of hydrogen-bond donors (Lipinski definition) is 2. The van der Waals surface area contributed by atoms with Crippen molar-refractivity contribution in [1.29, 1.82) is 0 Å². The maximum Gasteiger partial charge on any atom is 0.410 e. The predicted molar refractivity (Wildman–Crippen MR) is 197 cm³/mol. The molecule has 4 aliphatic rings. The van der Waals surface area contributed by atoms with Gasteiger partial charge in [0.05, 0.1) is 26.4 Å². The van der Waals surface area contributed by atoms with E-state index in [1.54, 1.807) is 0 Å². The summed E-state index contributed by atoms with van der Waals surface area (Å²) in [5, 5.41) is 5.97. The molecule has 280 valence electrons. The standard InChI is InChI=1S/C40H47N5O8/c46-37(35-8-4-20-44(35)39(48)52-33-18-22-50-26-33)41-30-14-10-28(11-15-30)24-43(32-6-2-1-3-7-32)25-29-12-16-31(17-13-29)42-38(47)36-9-5-21-45(36)40(49)53-34-19-23-51-27-34/h1-3,6-7,10-17,33-36H,4-5,8-9,18-27H2,(H,41,46)(H,42,47)/t33-,34-,35-,36-/m0/s1. The second-order valence-corrected chi connectivity index (χ2v) is 14.0. The molecule has 4 fully saturated rings. The van der Waals surface area contributed by atoms with Gasteiger partial charge in [-0.25, -0.2) is 9.59 Å². The van der Waals surface area contributed by atoms with Crippen LogP contribution in [0.3, 0.4) is 0 Å². The first-order chi connectivity index (χ1) is 25.9. The van der Waals surface area contributed by atoms with Gasteiger partial charge in [-0.15, -0.1) is 0 Å². The molecule has 0 aromatic heterocycles. The molecule has 0 bridgehead atoms.